The quantitative estimate of drug-likeness (QED) is 0.714. The number of amides is 2. The number of anilines is 2. The van der Waals surface area contributed by atoms with Gasteiger partial charge in [-0.05, 0) is 68.1 Å². The molecule has 26 heavy (non-hydrogen) atoms. The third kappa shape index (κ3) is 4.85. The van der Waals surface area contributed by atoms with Gasteiger partial charge in [-0.3, -0.25) is 9.59 Å². The normalized spacial score (nSPS) is 14.4. The molecule has 1 aliphatic carbocycles. The molecule has 0 heterocycles. The first-order valence-corrected chi connectivity index (χ1v) is 9.12. The Labute approximate surface area is 154 Å². The molecule has 2 amide bonds. The second-order valence-electron chi connectivity index (χ2n) is 6.73. The largest absolute Gasteiger partial charge is 0.374 e. The fourth-order valence-electron chi connectivity index (χ4n) is 2.60. The smallest absolute Gasteiger partial charge is 0.251 e. The monoisotopic (exact) mass is 351 g/mol. The molecule has 0 saturated heterocycles. The van der Waals surface area contributed by atoms with Gasteiger partial charge in [0.05, 0.1) is 0 Å². The molecule has 0 aromatic heterocycles. The second-order valence-corrected chi connectivity index (χ2v) is 6.73. The molecule has 2 aromatic rings. The van der Waals surface area contributed by atoms with Crippen molar-refractivity contribution in [3.63, 3.8) is 0 Å². The van der Waals surface area contributed by atoms with Crippen LogP contribution in [0.3, 0.4) is 0 Å². The Morgan fingerprint density at radius 1 is 1.00 bits per heavy atom. The van der Waals surface area contributed by atoms with Gasteiger partial charge < -0.3 is 16.0 Å². The summed E-state index contributed by atoms with van der Waals surface area (Å²) in [6, 6.07) is 15.0. The van der Waals surface area contributed by atoms with Gasteiger partial charge in [0.15, 0.2) is 0 Å². The summed E-state index contributed by atoms with van der Waals surface area (Å²) in [7, 11) is 0. The zero-order valence-corrected chi connectivity index (χ0v) is 15.2. The number of carbonyl (C=O) groups is 2. The van der Waals surface area contributed by atoms with Crippen molar-refractivity contribution in [2.75, 3.05) is 10.6 Å². The van der Waals surface area contributed by atoms with Crippen molar-refractivity contribution in [1.29, 1.82) is 0 Å². The van der Waals surface area contributed by atoms with Gasteiger partial charge in [0.2, 0.25) is 5.91 Å². The molecule has 5 nitrogen and oxygen atoms in total. The predicted molar refractivity (Wildman–Crippen MR) is 104 cm³/mol. The molecular formula is C21H25N3O2. The molecule has 1 aliphatic rings. The van der Waals surface area contributed by atoms with Crippen LogP contribution in [0.25, 0.3) is 0 Å². The van der Waals surface area contributed by atoms with Crippen molar-refractivity contribution >= 4 is 23.2 Å². The van der Waals surface area contributed by atoms with E-state index in [1.807, 2.05) is 43.3 Å². The summed E-state index contributed by atoms with van der Waals surface area (Å²) >= 11 is 0. The summed E-state index contributed by atoms with van der Waals surface area (Å²) in [5.74, 6) is -0.148. The van der Waals surface area contributed by atoms with Crippen molar-refractivity contribution in [2.24, 2.45) is 0 Å². The van der Waals surface area contributed by atoms with Gasteiger partial charge in [0.25, 0.3) is 5.91 Å². The molecule has 1 unspecified atom stereocenters. The lowest BCUT2D eigenvalue weighted by Gasteiger charge is -2.16. The van der Waals surface area contributed by atoms with E-state index < -0.39 is 6.04 Å². The Balaban J connectivity index is 1.53. The highest BCUT2D eigenvalue weighted by atomic mass is 16.2. The van der Waals surface area contributed by atoms with Crippen LogP contribution in [0.2, 0.25) is 0 Å². The summed E-state index contributed by atoms with van der Waals surface area (Å²) in [5, 5.41) is 9.03. The van der Waals surface area contributed by atoms with Crippen LogP contribution in [0.15, 0.2) is 48.5 Å². The standard InChI is InChI=1S/C21H25N3O2/c1-3-15-4-8-18(9-5-15)23-20(25)14(2)22-17-10-6-16(7-11-17)21(26)24-19-12-13-19/h4-11,14,19,22H,3,12-13H2,1-2H3,(H,23,25)(H,24,26). The van der Waals surface area contributed by atoms with Crippen molar-refractivity contribution in [3.8, 4) is 0 Å². The summed E-state index contributed by atoms with van der Waals surface area (Å²) < 4.78 is 0. The maximum Gasteiger partial charge on any atom is 0.251 e. The summed E-state index contributed by atoms with van der Waals surface area (Å²) in [5.41, 5.74) is 3.46. The van der Waals surface area contributed by atoms with Crippen LogP contribution >= 0.6 is 0 Å². The minimum absolute atomic E-state index is 0.0413. The molecule has 0 radical (unpaired) electrons. The highest BCUT2D eigenvalue weighted by Crippen LogP contribution is 2.20. The van der Waals surface area contributed by atoms with Crippen molar-refractivity contribution in [2.45, 2.75) is 45.2 Å². The van der Waals surface area contributed by atoms with E-state index in [2.05, 4.69) is 22.9 Å². The van der Waals surface area contributed by atoms with Crippen molar-refractivity contribution < 1.29 is 9.59 Å². The predicted octanol–water partition coefficient (Wildman–Crippen LogP) is 3.58. The maximum absolute atomic E-state index is 12.3. The molecular weight excluding hydrogens is 326 g/mol. The van der Waals surface area contributed by atoms with Gasteiger partial charge in [-0.25, -0.2) is 0 Å². The fourth-order valence-corrected chi connectivity index (χ4v) is 2.60. The van der Waals surface area contributed by atoms with Gasteiger partial charge in [-0.1, -0.05) is 19.1 Å². The minimum atomic E-state index is -0.396. The maximum atomic E-state index is 12.3. The SMILES string of the molecule is CCc1ccc(NC(=O)C(C)Nc2ccc(C(=O)NC3CC3)cc2)cc1. The average Bonchev–Trinajstić information content (AvgIpc) is 3.46. The van der Waals surface area contributed by atoms with E-state index in [-0.39, 0.29) is 11.8 Å². The van der Waals surface area contributed by atoms with Crippen LogP contribution in [0.5, 0.6) is 0 Å². The first-order valence-electron chi connectivity index (χ1n) is 9.12. The van der Waals surface area contributed by atoms with E-state index in [1.54, 1.807) is 12.1 Å². The van der Waals surface area contributed by atoms with Gasteiger partial charge in [-0.15, -0.1) is 0 Å². The third-order valence-electron chi connectivity index (χ3n) is 4.47. The molecule has 0 bridgehead atoms. The molecule has 1 fully saturated rings. The molecule has 136 valence electrons. The van der Waals surface area contributed by atoms with E-state index in [0.717, 1.165) is 30.6 Å². The molecule has 2 aromatic carbocycles. The lowest BCUT2D eigenvalue weighted by molar-refractivity contribution is -0.116. The molecule has 0 spiro atoms. The molecule has 1 atom stereocenters. The van der Waals surface area contributed by atoms with Crippen LogP contribution < -0.4 is 16.0 Å². The molecule has 5 heteroatoms. The van der Waals surface area contributed by atoms with E-state index in [4.69, 9.17) is 0 Å². The number of benzene rings is 2. The zero-order valence-electron chi connectivity index (χ0n) is 15.2. The van der Waals surface area contributed by atoms with E-state index in [0.29, 0.717) is 11.6 Å². The highest BCUT2D eigenvalue weighted by Gasteiger charge is 2.23. The number of carbonyl (C=O) groups excluding carboxylic acids is 2. The highest BCUT2D eigenvalue weighted by molar-refractivity contribution is 5.97. The van der Waals surface area contributed by atoms with Gasteiger partial charge in [0, 0.05) is 23.0 Å². The lowest BCUT2D eigenvalue weighted by atomic mass is 10.1. The number of hydrogen-bond donors (Lipinski definition) is 3. The Morgan fingerprint density at radius 2 is 1.62 bits per heavy atom. The third-order valence-corrected chi connectivity index (χ3v) is 4.47. The topological polar surface area (TPSA) is 70.2 Å². The average molecular weight is 351 g/mol. The molecule has 3 N–H and O–H groups in total. The van der Waals surface area contributed by atoms with Crippen molar-refractivity contribution in [3.05, 3.63) is 59.7 Å². The molecule has 3 rings (SSSR count). The zero-order chi connectivity index (χ0) is 18.5. The van der Waals surface area contributed by atoms with Gasteiger partial charge >= 0.3 is 0 Å². The molecule has 0 aliphatic heterocycles. The Hall–Kier alpha value is -2.82. The number of aryl methyl sites for hydroxylation is 1. The number of hydrogen-bond acceptors (Lipinski definition) is 3. The lowest BCUT2D eigenvalue weighted by Crippen LogP contribution is -2.31. The van der Waals surface area contributed by atoms with E-state index in [9.17, 15) is 9.59 Å². The Morgan fingerprint density at radius 3 is 2.19 bits per heavy atom. The van der Waals surface area contributed by atoms with Crippen LogP contribution in [0.1, 0.15) is 42.6 Å². The minimum Gasteiger partial charge on any atom is -0.374 e. The second kappa shape index (κ2) is 8.04. The first kappa shape index (κ1) is 18.0. The fraction of sp³-hybridized carbons (Fsp3) is 0.333. The Bertz CT molecular complexity index is 765. The summed E-state index contributed by atoms with van der Waals surface area (Å²) in [4.78, 5) is 24.3. The van der Waals surface area contributed by atoms with Crippen LogP contribution in [0.4, 0.5) is 11.4 Å². The number of rotatable bonds is 7. The number of nitrogens with one attached hydrogen (secondary N) is 3. The van der Waals surface area contributed by atoms with Gasteiger partial charge in [-0.2, -0.15) is 0 Å². The van der Waals surface area contributed by atoms with E-state index >= 15 is 0 Å². The van der Waals surface area contributed by atoms with Crippen LogP contribution in [-0.2, 0) is 11.2 Å². The van der Waals surface area contributed by atoms with Crippen LogP contribution in [-0.4, -0.2) is 23.9 Å². The van der Waals surface area contributed by atoms with E-state index in [1.165, 1.54) is 5.56 Å². The van der Waals surface area contributed by atoms with Crippen molar-refractivity contribution in [1.82, 2.24) is 5.32 Å². The Kier molecular flexibility index (Phi) is 5.56. The summed E-state index contributed by atoms with van der Waals surface area (Å²) in [6.45, 7) is 3.91. The summed E-state index contributed by atoms with van der Waals surface area (Å²) in [6.07, 6.45) is 3.11. The first-order chi connectivity index (χ1) is 12.5. The molecule has 1 saturated carbocycles. The van der Waals surface area contributed by atoms with Gasteiger partial charge in [0.1, 0.15) is 6.04 Å². The van der Waals surface area contributed by atoms with Crippen LogP contribution in [0, 0.1) is 0 Å².